The minimum atomic E-state index is 0.604. The molecule has 5 heteroatoms. The predicted molar refractivity (Wildman–Crippen MR) is 82.1 cm³/mol. The van der Waals surface area contributed by atoms with Crippen molar-refractivity contribution < 1.29 is 4.42 Å². The van der Waals surface area contributed by atoms with E-state index in [1.165, 1.54) is 4.90 Å². The van der Waals surface area contributed by atoms with Gasteiger partial charge in [0.1, 0.15) is 5.52 Å². The van der Waals surface area contributed by atoms with Crippen LogP contribution >= 0.6 is 27.7 Å². The number of aromatic nitrogens is 1. The molecule has 1 heterocycles. The van der Waals surface area contributed by atoms with Crippen LogP contribution in [0.5, 0.6) is 0 Å². The van der Waals surface area contributed by atoms with E-state index in [9.17, 15) is 0 Å². The fraction of sp³-hybridized carbons (Fsp3) is 0.0714. The minimum absolute atomic E-state index is 0.604. The summed E-state index contributed by atoms with van der Waals surface area (Å²) >= 11 is 5.09. The zero-order valence-electron chi connectivity index (χ0n) is 9.97. The topological polar surface area (TPSA) is 52.0 Å². The van der Waals surface area contributed by atoms with Crippen molar-refractivity contribution in [1.82, 2.24) is 4.98 Å². The lowest BCUT2D eigenvalue weighted by Crippen LogP contribution is -1.84. The number of rotatable bonds is 3. The van der Waals surface area contributed by atoms with E-state index >= 15 is 0 Å². The lowest BCUT2D eigenvalue weighted by molar-refractivity contribution is 0.557. The molecule has 3 aromatic rings. The average molecular weight is 335 g/mol. The summed E-state index contributed by atoms with van der Waals surface area (Å²) in [5.41, 5.74) is 7.96. The molecule has 3 rings (SSSR count). The van der Waals surface area contributed by atoms with E-state index in [0.29, 0.717) is 22.9 Å². The van der Waals surface area contributed by atoms with E-state index in [1.54, 1.807) is 11.8 Å². The van der Waals surface area contributed by atoms with Crippen LogP contribution in [0.25, 0.3) is 11.1 Å². The summed E-state index contributed by atoms with van der Waals surface area (Å²) in [6.07, 6.45) is 0. The third kappa shape index (κ3) is 2.77. The Morgan fingerprint density at radius 1 is 1.21 bits per heavy atom. The van der Waals surface area contributed by atoms with Gasteiger partial charge in [-0.3, -0.25) is 0 Å². The van der Waals surface area contributed by atoms with Gasteiger partial charge >= 0.3 is 0 Å². The molecule has 0 aliphatic carbocycles. The highest BCUT2D eigenvalue weighted by Gasteiger charge is 2.10. The molecule has 0 radical (unpaired) electrons. The second-order valence-corrected chi connectivity index (χ2v) is 6.02. The summed E-state index contributed by atoms with van der Waals surface area (Å²) in [6.45, 7) is 0. The van der Waals surface area contributed by atoms with Crippen LogP contribution in [-0.2, 0) is 5.75 Å². The Morgan fingerprint density at radius 3 is 2.79 bits per heavy atom. The smallest absolute Gasteiger partial charge is 0.205 e. The molecule has 19 heavy (non-hydrogen) atoms. The summed E-state index contributed by atoms with van der Waals surface area (Å²) in [7, 11) is 0. The molecule has 0 bridgehead atoms. The number of anilines is 1. The largest absolute Gasteiger partial charge is 0.438 e. The Hall–Kier alpha value is -1.46. The maximum atomic E-state index is 5.91. The third-order valence-electron chi connectivity index (χ3n) is 2.63. The molecular formula is C14H11BrN2OS. The molecule has 0 atom stereocenters. The maximum Gasteiger partial charge on any atom is 0.205 e. The maximum absolute atomic E-state index is 5.91. The highest BCUT2D eigenvalue weighted by atomic mass is 79.9. The van der Waals surface area contributed by atoms with Crippen molar-refractivity contribution in [2.45, 2.75) is 10.6 Å². The first-order chi connectivity index (χ1) is 9.22. The van der Waals surface area contributed by atoms with E-state index in [2.05, 4.69) is 33.0 Å². The lowest BCUT2D eigenvalue weighted by Gasteiger charge is -1.97. The summed E-state index contributed by atoms with van der Waals surface area (Å²) in [5.74, 6) is 1.38. The van der Waals surface area contributed by atoms with Crippen molar-refractivity contribution >= 4 is 44.5 Å². The van der Waals surface area contributed by atoms with E-state index in [0.717, 1.165) is 9.99 Å². The minimum Gasteiger partial charge on any atom is -0.438 e. The molecule has 2 N–H and O–H groups in total. The number of nitrogens with two attached hydrogens (primary N) is 1. The van der Waals surface area contributed by atoms with Gasteiger partial charge in [-0.1, -0.05) is 34.1 Å². The zero-order valence-corrected chi connectivity index (χ0v) is 12.4. The molecule has 2 aromatic carbocycles. The summed E-state index contributed by atoms with van der Waals surface area (Å²) < 4.78 is 6.61. The molecule has 0 saturated heterocycles. The van der Waals surface area contributed by atoms with Crippen LogP contribution in [0.15, 0.2) is 56.2 Å². The number of nitrogen functional groups attached to an aromatic ring is 1. The second-order valence-electron chi connectivity index (χ2n) is 4.05. The van der Waals surface area contributed by atoms with Crippen LogP contribution in [0, 0.1) is 0 Å². The van der Waals surface area contributed by atoms with Crippen molar-refractivity contribution in [1.29, 1.82) is 0 Å². The molecular weight excluding hydrogens is 324 g/mol. The number of oxazole rings is 1. The van der Waals surface area contributed by atoms with Gasteiger partial charge in [0.05, 0.1) is 11.4 Å². The Balaban J connectivity index is 1.84. The Kier molecular flexibility index (Phi) is 3.48. The van der Waals surface area contributed by atoms with Gasteiger partial charge in [-0.15, -0.1) is 11.8 Å². The van der Waals surface area contributed by atoms with E-state index in [-0.39, 0.29) is 0 Å². The van der Waals surface area contributed by atoms with Gasteiger partial charge in [-0.25, -0.2) is 4.98 Å². The molecule has 3 nitrogen and oxygen atoms in total. The number of halogens is 1. The van der Waals surface area contributed by atoms with Crippen LogP contribution in [-0.4, -0.2) is 4.98 Å². The molecule has 0 aliphatic heterocycles. The van der Waals surface area contributed by atoms with Gasteiger partial charge in [-0.2, -0.15) is 0 Å². The SMILES string of the molecule is Nc1cc(Br)cc2nc(CSc3ccccc3)oc12. The first-order valence-corrected chi connectivity index (χ1v) is 7.52. The van der Waals surface area contributed by atoms with Gasteiger partial charge in [0, 0.05) is 9.37 Å². The fourth-order valence-electron chi connectivity index (χ4n) is 1.79. The van der Waals surface area contributed by atoms with E-state index in [4.69, 9.17) is 10.2 Å². The fourth-order valence-corrected chi connectivity index (χ4v) is 3.02. The standard InChI is InChI=1S/C14H11BrN2OS/c15-9-6-11(16)14-12(7-9)17-13(18-14)8-19-10-4-2-1-3-5-10/h1-7H,8,16H2. The van der Waals surface area contributed by atoms with Crippen molar-refractivity contribution in [3.8, 4) is 0 Å². The summed E-state index contributed by atoms with van der Waals surface area (Å²) in [6, 6.07) is 13.9. The molecule has 0 unspecified atom stereocenters. The van der Waals surface area contributed by atoms with Gasteiger partial charge in [0.15, 0.2) is 5.58 Å². The monoisotopic (exact) mass is 334 g/mol. The zero-order chi connectivity index (χ0) is 13.2. The second kappa shape index (κ2) is 5.27. The highest BCUT2D eigenvalue weighted by Crippen LogP contribution is 2.29. The molecule has 0 aliphatic rings. The normalized spacial score (nSPS) is 11.0. The van der Waals surface area contributed by atoms with Crippen LogP contribution < -0.4 is 5.73 Å². The van der Waals surface area contributed by atoms with Crippen molar-refractivity contribution in [3.05, 3.63) is 52.8 Å². The first kappa shape index (κ1) is 12.6. The van der Waals surface area contributed by atoms with Crippen molar-refractivity contribution in [2.24, 2.45) is 0 Å². The van der Waals surface area contributed by atoms with Crippen LogP contribution in [0.2, 0.25) is 0 Å². The van der Waals surface area contributed by atoms with E-state index < -0.39 is 0 Å². The summed E-state index contributed by atoms with van der Waals surface area (Å²) in [4.78, 5) is 5.65. The molecule has 0 amide bonds. The average Bonchev–Trinajstić information content (AvgIpc) is 2.81. The van der Waals surface area contributed by atoms with Gasteiger partial charge in [-0.05, 0) is 24.3 Å². The molecule has 0 spiro atoms. The number of nitrogens with zero attached hydrogens (tertiary/aromatic N) is 1. The quantitative estimate of drug-likeness (QED) is 0.567. The molecule has 96 valence electrons. The Bertz CT molecular complexity index is 712. The highest BCUT2D eigenvalue weighted by molar-refractivity contribution is 9.10. The molecule has 0 fully saturated rings. The van der Waals surface area contributed by atoms with E-state index in [1.807, 2.05) is 30.3 Å². The Labute approximate surface area is 123 Å². The Morgan fingerprint density at radius 2 is 2.00 bits per heavy atom. The van der Waals surface area contributed by atoms with Gasteiger partial charge in [0.25, 0.3) is 0 Å². The molecule has 1 aromatic heterocycles. The third-order valence-corrected chi connectivity index (χ3v) is 4.09. The molecule has 0 saturated carbocycles. The first-order valence-electron chi connectivity index (χ1n) is 5.74. The van der Waals surface area contributed by atoms with Crippen molar-refractivity contribution in [2.75, 3.05) is 5.73 Å². The number of benzene rings is 2. The number of thioether (sulfide) groups is 1. The van der Waals surface area contributed by atoms with Gasteiger partial charge in [0.2, 0.25) is 5.89 Å². The number of hydrogen-bond donors (Lipinski definition) is 1. The number of hydrogen-bond acceptors (Lipinski definition) is 4. The predicted octanol–water partition coefficient (Wildman–Crippen LogP) is 4.46. The number of fused-ring (bicyclic) bond motifs is 1. The lowest BCUT2D eigenvalue weighted by atomic mass is 10.3. The van der Waals surface area contributed by atoms with Crippen LogP contribution in [0.3, 0.4) is 0 Å². The van der Waals surface area contributed by atoms with Crippen LogP contribution in [0.4, 0.5) is 5.69 Å². The van der Waals surface area contributed by atoms with Gasteiger partial charge < -0.3 is 10.2 Å². The summed E-state index contributed by atoms with van der Waals surface area (Å²) in [5, 5.41) is 0. The van der Waals surface area contributed by atoms with Crippen molar-refractivity contribution in [3.63, 3.8) is 0 Å². The van der Waals surface area contributed by atoms with Crippen LogP contribution in [0.1, 0.15) is 5.89 Å².